The number of carbonyl (C=O) groups is 1. The Kier molecular flexibility index (Phi) is 21.3. The van der Waals surface area contributed by atoms with Crippen LogP contribution in [0, 0.1) is 6.92 Å². The average molecular weight is 610 g/mol. The highest BCUT2D eigenvalue weighted by atomic mass is 16.5. The molecule has 2 rings (SSSR count). The summed E-state index contributed by atoms with van der Waals surface area (Å²) in [5.41, 5.74) is 3.55. The highest BCUT2D eigenvalue weighted by Gasteiger charge is 2.16. The fraction of sp³-hybridized carbons (Fsp3) is 0.390. The number of hydrogen-bond donors (Lipinski definition) is 0. The van der Waals surface area contributed by atoms with E-state index in [1.807, 2.05) is 25.2 Å². The number of likely N-dealkylation sites (N-methyl/N-ethyl adjacent to an activating group) is 1. The molecule has 4 heteroatoms. The van der Waals surface area contributed by atoms with Crippen LogP contribution in [-0.2, 0) is 14.3 Å². The maximum Gasteiger partial charge on any atom is 0.306 e. The molecule has 0 bridgehead atoms. The van der Waals surface area contributed by atoms with Crippen molar-refractivity contribution < 1.29 is 14.3 Å². The second-order valence-electron chi connectivity index (χ2n) is 11.0. The minimum atomic E-state index is -0.150. The zero-order chi connectivity index (χ0) is 32.2. The Balaban J connectivity index is 1.50. The number of aryl methyl sites for hydroxylation is 1. The van der Waals surface area contributed by atoms with Gasteiger partial charge in [-0.2, -0.15) is 0 Å². The second kappa shape index (κ2) is 25.6. The maximum atomic E-state index is 12.1. The molecule has 0 aliphatic carbocycles. The van der Waals surface area contributed by atoms with E-state index in [-0.39, 0.29) is 12.1 Å². The SMILES string of the molecule is CC/C=C\C/C=C\C/C=C\C/C=C\C/C=C\C/C=C\CCC(=O)OCCN(C)CCOC(c1ccccc1)c1ccccc1C. The van der Waals surface area contributed by atoms with Crippen molar-refractivity contribution in [3.8, 4) is 0 Å². The Morgan fingerprint density at radius 2 is 1.20 bits per heavy atom. The number of rotatable bonds is 23. The van der Waals surface area contributed by atoms with Gasteiger partial charge in [0.1, 0.15) is 12.7 Å². The Bertz CT molecular complexity index is 1220. The quantitative estimate of drug-likeness (QED) is 0.0928. The van der Waals surface area contributed by atoms with Crippen LogP contribution in [0.15, 0.2) is 128 Å². The molecule has 1 atom stereocenters. The molecule has 0 fully saturated rings. The number of benzene rings is 2. The average Bonchev–Trinajstić information content (AvgIpc) is 3.05. The predicted octanol–water partition coefficient (Wildman–Crippen LogP) is 10.1. The van der Waals surface area contributed by atoms with Crippen molar-refractivity contribution in [2.75, 3.05) is 33.4 Å². The first kappa shape index (κ1) is 37.5. The molecule has 0 aromatic heterocycles. The lowest BCUT2D eigenvalue weighted by atomic mass is 9.97. The molecule has 1 unspecified atom stereocenters. The molecule has 0 spiro atoms. The highest BCUT2D eigenvalue weighted by molar-refractivity contribution is 5.69. The summed E-state index contributed by atoms with van der Waals surface area (Å²) >= 11 is 0. The fourth-order valence-electron chi connectivity index (χ4n) is 4.54. The molecule has 2 aromatic carbocycles. The van der Waals surface area contributed by atoms with Crippen LogP contribution in [0.2, 0.25) is 0 Å². The van der Waals surface area contributed by atoms with Gasteiger partial charge in [-0.1, -0.05) is 134 Å². The molecule has 45 heavy (non-hydrogen) atoms. The monoisotopic (exact) mass is 609 g/mol. The van der Waals surface area contributed by atoms with Crippen LogP contribution in [0.5, 0.6) is 0 Å². The van der Waals surface area contributed by atoms with Gasteiger partial charge in [0.15, 0.2) is 0 Å². The molecule has 0 heterocycles. The van der Waals surface area contributed by atoms with Crippen LogP contribution in [0.3, 0.4) is 0 Å². The topological polar surface area (TPSA) is 38.8 Å². The van der Waals surface area contributed by atoms with Crippen LogP contribution in [0.1, 0.15) is 81.1 Å². The largest absolute Gasteiger partial charge is 0.464 e. The first-order chi connectivity index (χ1) is 22.1. The zero-order valence-corrected chi connectivity index (χ0v) is 27.9. The first-order valence-electron chi connectivity index (χ1n) is 16.6. The third-order valence-corrected chi connectivity index (χ3v) is 7.18. The predicted molar refractivity (Wildman–Crippen MR) is 191 cm³/mol. The Hall–Kier alpha value is -3.73. The fourth-order valence-corrected chi connectivity index (χ4v) is 4.54. The highest BCUT2D eigenvalue weighted by Crippen LogP contribution is 2.28. The molecule has 0 amide bonds. The first-order valence-corrected chi connectivity index (χ1v) is 16.6. The lowest BCUT2D eigenvalue weighted by Gasteiger charge is -2.23. The van der Waals surface area contributed by atoms with Crippen molar-refractivity contribution in [3.63, 3.8) is 0 Å². The Morgan fingerprint density at radius 3 is 1.78 bits per heavy atom. The molecular weight excluding hydrogens is 554 g/mol. The summed E-state index contributed by atoms with van der Waals surface area (Å²) in [6.07, 6.45) is 33.1. The van der Waals surface area contributed by atoms with E-state index in [9.17, 15) is 4.79 Å². The van der Waals surface area contributed by atoms with Crippen molar-refractivity contribution in [3.05, 3.63) is 144 Å². The van der Waals surface area contributed by atoms with Gasteiger partial charge in [0, 0.05) is 19.5 Å². The lowest BCUT2D eigenvalue weighted by molar-refractivity contribution is -0.143. The molecule has 0 saturated carbocycles. The van der Waals surface area contributed by atoms with Gasteiger partial charge in [-0.3, -0.25) is 4.79 Å². The van der Waals surface area contributed by atoms with Crippen molar-refractivity contribution in [1.82, 2.24) is 4.90 Å². The zero-order valence-electron chi connectivity index (χ0n) is 27.9. The third-order valence-electron chi connectivity index (χ3n) is 7.18. The van der Waals surface area contributed by atoms with Crippen LogP contribution in [-0.4, -0.2) is 44.2 Å². The van der Waals surface area contributed by atoms with E-state index in [1.165, 1.54) is 11.1 Å². The summed E-state index contributed by atoms with van der Waals surface area (Å²) in [6.45, 7) is 6.68. The van der Waals surface area contributed by atoms with Crippen molar-refractivity contribution in [2.24, 2.45) is 0 Å². The number of allylic oxidation sites excluding steroid dienone is 12. The summed E-state index contributed by atoms with van der Waals surface area (Å²) in [4.78, 5) is 14.3. The van der Waals surface area contributed by atoms with Gasteiger partial charge in [-0.05, 0) is 75.6 Å². The molecule has 0 radical (unpaired) electrons. The van der Waals surface area contributed by atoms with E-state index < -0.39 is 0 Å². The van der Waals surface area contributed by atoms with Crippen LogP contribution in [0.25, 0.3) is 0 Å². The number of ether oxygens (including phenoxy) is 2. The van der Waals surface area contributed by atoms with Crippen LogP contribution in [0.4, 0.5) is 0 Å². The molecule has 242 valence electrons. The standard InChI is InChI=1S/C41H55NO3/c1-4-5-6-7-8-9-10-11-12-13-14-15-16-17-18-19-20-21-25-32-40(43)44-35-33-42(3)34-36-45-41(38-29-23-22-24-30-38)39-31-27-26-28-37(39)2/h5-6,8-9,11-12,14-15,17-18,20-24,26-31,41H,4,7,10,13,16,19,25,32-36H2,1-3H3/b6-5-,9-8-,12-11-,15-14-,18-17-,21-20-. The Labute approximate surface area is 273 Å². The van der Waals surface area contributed by atoms with Crippen molar-refractivity contribution in [2.45, 2.75) is 71.3 Å². The van der Waals surface area contributed by atoms with Crippen LogP contribution >= 0.6 is 0 Å². The second-order valence-corrected chi connectivity index (χ2v) is 11.0. The minimum Gasteiger partial charge on any atom is -0.464 e. The minimum absolute atomic E-state index is 0.104. The van der Waals surface area contributed by atoms with Gasteiger partial charge in [0.25, 0.3) is 0 Å². The maximum absolute atomic E-state index is 12.1. The van der Waals surface area contributed by atoms with E-state index in [2.05, 4.69) is 128 Å². The third kappa shape index (κ3) is 18.6. The number of nitrogens with zero attached hydrogens (tertiary/aromatic N) is 1. The Morgan fingerprint density at radius 1 is 0.689 bits per heavy atom. The molecule has 0 aliphatic rings. The van der Waals surface area contributed by atoms with Crippen LogP contribution < -0.4 is 0 Å². The molecule has 0 aliphatic heterocycles. The van der Waals surface area contributed by atoms with Gasteiger partial charge in [0.05, 0.1) is 6.61 Å². The molecule has 4 nitrogen and oxygen atoms in total. The summed E-state index contributed by atoms with van der Waals surface area (Å²) in [7, 11) is 2.03. The lowest BCUT2D eigenvalue weighted by Crippen LogP contribution is -2.28. The number of hydrogen-bond acceptors (Lipinski definition) is 4. The number of carbonyl (C=O) groups excluding carboxylic acids is 1. The van der Waals surface area contributed by atoms with Crippen molar-refractivity contribution >= 4 is 5.97 Å². The summed E-state index contributed by atoms with van der Waals surface area (Å²) in [5.74, 6) is -0.150. The van der Waals surface area contributed by atoms with Crippen molar-refractivity contribution in [1.29, 1.82) is 0 Å². The normalized spacial score (nSPS) is 13.2. The van der Waals surface area contributed by atoms with E-state index in [1.54, 1.807) is 0 Å². The van der Waals surface area contributed by atoms with Gasteiger partial charge < -0.3 is 14.4 Å². The summed E-state index contributed by atoms with van der Waals surface area (Å²) in [5, 5.41) is 0. The number of esters is 1. The van der Waals surface area contributed by atoms with Gasteiger partial charge in [-0.25, -0.2) is 0 Å². The van der Waals surface area contributed by atoms with E-state index in [0.717, 1.165) is 50.6 Å². The van der Waals surface area contributed by atoms with Gasteiger partial charge in [0.2, 0.25) is 0 Å². The van der Waals surface area contributed by atoms with Gasteiger partial charge in [-0.15, -0.1) is 0 Å². The smallest absolute Gasteiger partial charge is 0.306 e. The summed E-state index contributed by atoms with van der Waals surface area (Å²) < 4.78 is 11.8. The van der Waals surface area contributed by atoms with E-state index in [0.29, 0.717) is 32.6 Å². The van der Waals surface area contributed by atoms with E-state index in [4.69, 9.17) is 9.47 Å². The molecule has 0 N–H and O–H groups in total. The summed E-state index contributed by atoms with van der Waals surface area (Å²) in [6, 6.07) is 18.7. The molecule has 0 saturated heterocycles. The molecular formula is C41H55NO3. The van der Waals surface area contributed by atoms with E-state index >= 15 is 0 Å². The molecule has 2 aromatic rings. The van der Waals surface area contributed by atoms with Gasteiger partial charge >= 0.3 is 5.97 Å².